The number of nitrogens with one attached hydrogen (secondary N) is 1. The van der Waals surface area contributed by atoms with Crippen LogP contribution in [0.4, 0.5) is 0 Å². The van der Waals surface area contributed by atoms with Crippen LogP contribution >= 0.6 is 0 Å². The standard InChI is InChI=1S/C15H33NO/c1-3-4-5-6-7-8-9-10-11-12-13-15(17)14-16-2/h15-17H,3-14H2,1-2H3/t15-/m0/s1. The average Bonchev–Trinajstić information content (AvgIpc) is 2.32. The van der Waals surface area contributed by atoms with Gasteiger partial charge in [0.15, 0.2) is 0 Å². The Balaban J connectivity index is 2.98. The number of hydrogen-bond acceptors (Lipinski definition) is 2. The molecule has 0 unspecified atom stereocenters. The van der Waals surface area contributed by atoms with E-state index in [0.29, 0.717) is 0 Å². The van der Waals surface area contributed by atoms with E-state index in [1.165, 1.54) is 64.2 Å². The van der Waals surface area contributed by atoms with Crippen molar-refractivity contribution in [2.24, 2.45) is 0 Å². The first-order valence-corrected chi connectivity index (χ1v) is 7.64. The van der Waals surface area contributed by atoms with E-state index in [1.54, 1.807) is 0 Å². The number of likely N-dealkylation sites (N-methyl/N-ethyl adjacent to an activating group) is 1. The Morgan fingerprint density at radius 3 is 1.76 bits per heavy atom. The molecule has 0 aliphatic rings. The highest BCUT2D eigenvalue weighted by Gasteiger charge is 2.01. The molecule has 0 saturated carbocycles. The highest BCUT2D eigenvalue weighted by atomic mass is 16.3. The fourth-order valence-corrected chi connectivity index (χ4v) is 2.21. The fourth-order valence-electron chi connectivity index (χ4n) is 2.21. The van der Waals surface area contributed by atoms with Crippen molar-refractivity contribution < 1.29 is 5.11 Å². The van der Waals surface area contributed by atoms with Crippen molar-refractivity contribution >= 4 is 0 Å². The molecule has 0 fully saturated rings. The van der Waals surface area contributed by atoms with Gasteiger partial charge in [-0.25, -0.2) is 0 Å². The number of hydrogen-bond donors (Lipinski definition) is 2. The van der Waals surface area contributed by atoms with E-state index < -0.39 is 0 Å². The number of unbranched alkanes of at least 4 members (excludes halogenated alkanes) is 9. The van der Waals surface area contributed by atoms with E-state index in [9.17, 15) is 5.11 Å². The molecule has 2 N–H and O–H groups in total. The number of rotatable bonds is 13. The fraction of sp³-hybridized carbons (Fsp3) is 1.00. The van der Waals surface area contributed by atoms with Crippen molar-refractivity contribution in [3.05, 3.63) is 0 Å². The molecule has 0 saturated heterocycles. The van der Waals surface area contributed by atoms with Gasteiger partial charge in [-0.05, 0) is 13.5 Å². The highest BCUT2D eigenvalue weighted by molar-refractivity contribution is 4.57. The second-order valence-electron chi connectivity index (χ2n) is 5.18. The van der Waals surface area contributed by atoms with Crippen LogP contribution in [0.25, 0.3) is 0 Å². The highest BCUT2D eigenvalue weighted by Crippen LogP contribution is 2.11. The monoisotopic (exact) mass is 243 g/mol. The molecule has 0 amide bonds. The maximum absolute atomic E-state index is 9.51. The quantitative estimate of drug-likeness (QED) is 0.481. The summed E-state index contributed by atoms with van der Waals surface area (Å²) in [6.07, 6.45) is 14.4. The molecule has 1 atom stereocenters. The van der Waals surface area contributed by atoms with Crippen LogP contribution in [0, 0.1) is 0 Å². The molecule has 2 nitrogen and oxygen atoms in total. The second kappa shape index (κ2) is 14.0. The van der Waals surface area contributed by atoms with E-state index in [0.717, 1.165) is 13.0 Å². The molecule has 0 aliphatic heterocycles. The molecule has 104 valence electrons. The Bertz CT molecular complexity index is 139. The van der Waals surface area contributed by atoms with Crippen LogP contribution in [0.2, 0.25) is 0 Å². The Morgan fingerprint density at radius 1 is 0.824 bits per heavy atom. The molecular weight excluding hydrogens is 210 g/mol. The third-order valence-corrected chi connectivity index (χ3v) is 3.33. The van der Waals surface area contributed by atoms with Gasteiger partial charge in [0.05, 0.1) is 6.10 Å². The summed E-state index contributed by atoms with van der Waals surface area (Å²) < 4.78 is 0. The van der Waals surface area contributed by atoms with Gasteiger partial charge < -0.3 is 10.4 Å². The molecule has 0 heterocycles. The van der Waals surface area contributed by atoms with Gasteiger partial charge in [0.2, 0.25) is 0 Å². The van der Waals surface area contributed by atoms with Crippen molar-refractivity contribution in [3.8, 4) is 0 Å². The molecule has 0 spiro atoms. The van der Waals surface area contributed by atoms with Crippen molar-refractivity contribution in [2.45, 2.75) is 83.7 Å². The smallest absolute Gasteiger partial charge is 0.0664 e. The largest absolute Gasteiger partial charge is 0.392 e. The normalized spacial score (nSPS) is 12.9. The Labute approximate surface area is 108 Å². The second-order valence-corrected chi connectivity index (χ2v) is 5.18. The SMILES string of the molecule is CCCCCCCCCCCC[C@H](O)CNC. The summed E-state index contributed by atoms with van der Waals surface area (Å²) in [5.74, 6) is 0. The van der Waals surface area contributed by atoms with E-state index >= 15 is 0 Å². The van der Waals surface area contributed by atoms with Gasteiger partial charge in [-0.3, -0.25) is 0 Å². The third-order valence-electron chi connectivity index (χ3n) is 3.33. The van der Waals surface area contributed by atoms with Crippen LogP contribution in [0.15, 0.2) is 0 Å². The van der Waals surface area contributed by atoms with Crippen LogP contribution in [-0.2, 0) is 0 Å². The van der Waals surface area contributed by atoms with Gasteiger partial charge in [-0.2, -0.15) is 0 Å². The minimum atomic E-state index is -0.144. The predicted octanol–water partition coefficient (Wildman–Crippen LogP) is 3.88. The maximum Gasteiger partial charge on any atom is 0.0664 e. The minimum Gasteiger partial charge on any atom is -0.392 e. The minimum absolute atomic E-state index is 0.144. The molecule has 0 radical (unpaired) electrons. The average molecular weight is 243 g/mol. The number of aliphatic hydroxyl groups excluding tert-OH is 1. The van der Waals surface area contributed by atoms with Crippen LogP contribution < -0.4 is 5.32 Å². The van der Waals surface area contributed by atoms with Crippen molar-refractivity contribution in [3.63, 3.8) is 0 Å². The van der Waals surface area contributed by atoms with Gasteiger partial charge in [-0.1, -0.05) is 71.1 Å². The van der Waals surface area contributed by atoms with Crippen LogP contribution in [-0.4, -0.2) is 24.8 Å². The molecule has 0 aliphatic carbocycles. The molecule has 17 heavy (non-hydrogen) atoms. The first-order valence-electron chi connectivity index (χ1n) is 7.64. The van der Waals surface area contributed by atoms with Crippen LogP contribution in [0.3, 0.4) is 0 Å². The number of aliphatic hydroxyl groups is 1. The van der Waals surface area contributed by atoms with Gasteiger partial charge in [0.25, 0.3) is 0 Å². The Kier molecular flexibility index (Phi) is 13.9. The van der Waals surface area contributed by atoms with Crippen LogP contribution in [0.5, 0.6) is 0 Å². The third kappa shape index (κ3) is 13.9. The molecular formula is C15H33NO. The summed E-state index contributed by atoms with van der Waals surface area (Å²) >= 11 is 0. The van der Waals surface area contributed by atoms with Gasteiger partial charge in [0.1, 0.15) is 0 Å². The molecule has 0 aromatic rings. The van der Waals surface area contributed by atoms with Crippen molar-refractivity contribution in [1.82, 2.24) is 5.32 Å². The topological polar surface area (TPSA) is 32.3 Å². The van der Waals surface area contributed by atoms with E-state index in [2.05, 4.69) is 12.2 Å². The van der Waals surface area contributed by atoms with E-state index in [4.69, 9.17) is 0 Å². The van der Waals surface area contributed by atoms with Crippen molar-refractivity contribution in [2.75, 3.05) is 13.6 Å². The summed E-state index contributed by atoms with van der Waals surface area (Å²) in [5, 5.41) is 12.5. The van der Waals surface area contributed by atoms with E-state index in [1.807, 2.05) is 7.05 Å². The zero-order valence-corrected chi connectivity index (χ0v) is 12.0. The first-order chi connectivity index (χ1) is 8.31. The zero-order chi connectivity index (χ0) is 12.8. The zero-order valence-electron chi connectivity index (χ0n) is 12.0. The lowest BCUT2D eigenvalue weighted by atomic mass is 10.0. The summed E-state index contributed by atoms with van der Waals surface area (Å²) in [4.78, 5) is 0. The lowest BCUT2D eigenvalue weighted by Gasteiger charge is -2.09. The van der Waals surface area contributed by atoms with Gasteiger partial charge in [-0.15, -0.1) is 0 Å². The molecule has 0 aromatic heterocycles. The van der Waals surface area contributed by atoms with Gasteiger partial charge in [0, 0.05) is 6.54 Å². The lowest BCUT2D eigenvalue weighted by molar-refractivity contribution is 0.160. The summed E-state index contributed by atoms with van der Waals surface area (Å²) in [6.45, 7) is 3.00. The van der Waals surface area contributed by atoms with E-state index in [-0.39, 0.29) is 6.10 Å². The lowest BCUT2D eigenvalue weighted by Crippen LogP contribution is -2.23. The Hall–Kier alpha value is -0.0800. The maximum atomic E-state index is 9.51. The Morgan fingerprint density at radius 2 is 1.29 bits per heavy atom. The molecule has 0 bridgehead atoms. The first kappa shape index (κ1) is 16.9. The molecule has 0 aromatic carbocycles. The van der Waals surface area contributed by atoms with Crippen molar-refractivity contribution in [1.29, 1.82) is 0 Å². The molecule has 0 rings (SSSR count). The summed E-state index contributed by atoms with van der Waals surface area (Å²) in [7, 11) is 1.89. The summed E-state index contributed by atoms with van der Waals surface area (Å²) in [6, 6.07) is 0. The predicted molar refractivity (Wildman–Crippen MR) is 76.4 cm³/mol. The molecule has 2 heteroatoms. The van der Waals surface area contributed by atoms with Gasteiger partial charge >= 0.3 is 0 Å². The summed E-state index contributed by atoms with van der Waals surface area (Å²) in [5.41, 5.74) is 0. The van der Waals surface area contributed by atoms with Crippen LogP contribution in [0.1, 0.15) is 77.6 Å².